The maximum absolute atomic E-state index is 12.1. The number of aromatic nitrogens is 2. The molecule has 0 aliphatic heterocycles. The van der Waals surface area contributed by atoms with Crippen molar-refractivity contribution >= 4 is 11.6 Å². The molecule has 3 N–H and O–H groups in total. The number of nitrogen functional groups attached to an aromatic ring is 1. The second kappa shape index (κ2) is 5.56. The van der Waals surface area contributed by atoms with Gasteiger partial charge in [-0.05, 0) is 24.6 Å². The van der Waals surface area contributed by atoms with Crippen molar-refractivity contribution in [2.24, 2.45) is 7.05 Å². The Kier molecular flexibility index (Phi) is 3.85. The summed E-state index contributed by atoms with van der Waals surface area (Å²) in [5, 5.41) is 2.88. The van der Waals surface area contributed by atoms with Crippen LogP contribution in [0.15, 0.2) is 36.7 Å². The van der Waals surface area contributed by atoms with E-state index >= 15 is 0 Å². The Morgan fingerprint density at radius 3 is 2.95 bits per heavy atom. The lowest BCUT2D eigenvalue weighted by molar-refractivity contribution is -0.122. The quantitative estimate of drug-likeness (QED) is 0.815. The molecule has 1 atom stereocenters. The summed E-state index contributed by atoms with van der Waals surface area (Å²) in [5.74, 6) is 0.561. The summed E-state index contributed by atoms with van der Waals surface area (Å²) in [7, 11) is 1.90. The van der Waals surface area contributed by atoms with Crippen molar-refractivity contribution in [1.82, 2.24) is 14.9 Å². The number of hydrogen-bond donors (Lipinski definition) is 2. The molecule has 0 fully saturated rings. The highest BCUT2D eigenvalue weighted by Crippen LogP contribution is 2.17. The van der Waals surface area contributed by atoms with Crippen LogP contribution >= 0.6 is 0 Å². The standard InChI is InChI=1S/C14H18N4O/c1-10(11-4-3-5-12(15)8-11)14(19)17-9-13-16-6-7-18(13)2/h3-8,10H,9,15H2,1-2H3,(H,17,19). The number of anilines is 1. The van der Waals surface area contributed by atoms with Crippen LogP contribution in [0.2, 0.25) is 0 Å². The first kappa shape index (κ1) is 13.1. The molecule has 1 heterocycles. The highest BCUT2D eigenvalue weighted by Gasteiger charge is 2.15. The average Bonchev–Trinajstić information content (AvgIpc) is 2.80. The van der Waals surface area contributed by atoms with Crippen molar-refractivity contribution in [1.29, 1.82) is 0 Å². The number of imidazole rings is 1. The van der Waals surface area contributed by atoms with Gasteiger partial charge in [-0.15, -0.1) is 0 Å². The first-order valence-electron chi connectivity index (χ1n) is 6.17. The normalized spacial score (nSPS) is 12.1. The Bertz CT molecular complexity index is 576. The summed E-state index contributed by atoms with van der Waals surface area (Å²) in [5.41, 5.74) is 7.30. The number of benzene rings is 1. The molecule has 0 saturated heterocycles. The van der Waals surface area contributed by atoms with Crippen LogP contribution in [0.25, 0.3) is 0 Å². The van der Waals surface area contributed by atoms with Gasteiger partial charge in [0.25, 0.3) is 0 Å². The molecule has 1 amide bonds. The summed E-state index contributed by atoms with van der Waals surface area (Å²) >= 11 is 0. The number of carbonyl (C=O) groups is 1. The molecule has 0 spiro atoms. The number of amides is 1. The fourth-order valence-electron chi connectivity index (χ4n) is 1.87. The van der Waals surface area contributed by atoms with Gasteiger partial charge in [-0.25, -0.2) is 4.98 Å². The van der Waals surface area contributed by atoms with Crippen molar-refractivity contribution in [2.75, 3.05) is 5.73 Å². The summed E-state index contributed by atoms with van der Waals surface area (Å²) in [6, 6.07) is 7.39. The van der Waals surface area contributed by atoms with E-state index in [0.717, 1.165) is 11.4 Å². The van der Waals surface area contributed by atoms with Gasteiger partial charge in [-0.1, -0.05) is 12.1 Å². The monoisotopic (exact) mass is 258 g/mol. The predicted molar refractivity (Wildman–Crippen MR) is 74.3 cm³/mol. The number of nitrogens with two attached hydrogens (primary N) is 1. The SMILES string of the molecule is CC(C(=O)NCc1nccn1C)c1cccc(N)c1. The smallest absolute Gasteiger partial charge is 0.227 e. The number of aryl methyl sites for hydroxylation is 1. The van der Waals surface area contributed by atoms with Crippen molar-refractivity contribution in [3.63, 3.8) is 0 Å². The number of hydrogen-bond acceptors (Lipinski definition) is 3. The topological polar surface area (TPSA) is 72.9 Å². The third-order valence-corrected chi connectivity index (χ3v) is 3.15. The van der Waals surface area contributed by atoms with Crippen LogP contribution in [0.4, 0.5) is 5.69 Å². The van der Waals surface area contributed by atoms with E-state index in [0.29, 0.717) is 12.2 Å². The maximum atomic E-state index is 12.1. The van der Waals surface area contributed by atoms with E-state index in [1.54, 1.807) is 6.20 Å². The number of rotatable bonds is 4. The maximum Gasteiger partial charge on any atom is 0.227 e. The van der Waals surface area contributed by atoms with Gasteiger partial charge in [0.1, 0.15) is 5.82 Å². The Labute approximate surface area is 112 Å². The van der Waals surface area contributed by atoms with Crippen molar-refractivity contribution in [2.45, 2.75) is 19.4 Å². The fourth-order valence-corrected chi connectivity index (χ4v) is 1.87. The van der Waals surface area contributed by atoms with Crippen LogP contribution in [0.1, 0.15) is 24.2 Å². The lowest BCUT2D eigenvalue weighted by Gasteiger charge is -2.13. The largest absolute Gasteiger partial charge is 0.399 e. The van der Waals surface area contributed by atoms with Gasteiger partial charge < -0.3 is 15.6 Å². The second-order valence-corrected chi connectivity index (χ2v) is 4.56. The first-order chi connectivity index (χ1) is 9.08. The molecule has 0 radical (unpaired) electrons. The van der Waals surface area contributed by atoms with Crippen LogP contribution in [-0.4, -0.2) is 15.5 Å². The lowest BCUT2D eigenvalue weighted by atomic mass is 10.00. The molecule has 19 heavy (non-hydrogen) atoms. The molecule has 0 aliphatic carbocycles. The molecule has 5 heteroatoms. The molecule has 0 bridgehead atoms. The number of nitrogens with zero attached hydrogens (tertiary/aromatic N) is 2. The molecule has 2 aromatic rings. The third-order valence-electron chi connectivity index (χ3n) is 3.15. The van der Waals surface area contributed by atoms with E-state index in [1.165, 1.54) is 0 Å². The predicted octanol–water partition coefficient (Wildman–Crippen LogP) is 1.42. The van der Waals surface area contributed by atoms with Gasteiger partial charge in [0.15, 0.2) is 0 Å². The zero-order chi connectivity index (χ0) is 13.8. The molecule has 0 aliphatic rings. The van der Waals surface area contributed by atoms with E-state index in [9.17, 15) is 4.79 Å². The molecule has 2 rings (SSSR count). The fraction of sp³-hybridized carbons (Fsp3) is 0.286. The Hall–Kier alpha value is -2.30. The lowest BCUT2D eigenvalue weighted by Crippen LogP contribution is -2.28. The molecular formula is C14H18N4O. The minimum Gasteiger partial charge on any atom is -0.399 e. The number of nitrogens with one attached hydrogen (secondary N) is 1. The molecule has 100 valence electrons. The molecule has 1 aromatic carbocycles. The molecule has 5 nitrogen and oxygen atoms in total. The zero-order valence-corrected chi connectivity index (χ0v) is 11.1. The van der Waals surface area contributed by atoms with E-state index in [4.69, 9.17) is 5.73 Å². The van der Waals surface area contributed by atoms with Crippen LogP contribution in [0.3, 0.4) is 0 Å². The number of carbonyl (C=O) groups excluding carboxylic acids is 1. The van der Waals surface area contributed by atoms with Crippen LogP contribution in [-0.2, 0) is 18.4 Å². The highest BCUT2D eigenvalue weighted by molar-refractivity contribution is 5.83. The van der Waals surface area contributed by atoms with Crippen molar-refractivity contribution in [3.05, 3.63) is 48.0 Å². The third kappa shape index (κ3) is 3.13. The highest BCUT2D eigenvalue weighted by atomic mass is 16.1. The summed E-state index contributed by atoms with van der Waals surface area (Å²) < 4.78 is 1.88. The van der Waals surface area contributed by atoms with Gasteiger partial charge in [-0.2, -0.15) is 0 Å². The Balaban J connectivity index is 1.98. The van der Waals surface area contributed by atoms with Gasteiger partial charge in [0.05, 0.1) is 12.5 Å². The second-order valence-electron chi connectivity index (χ2n) is 4.56. The first-order valence-corrected chi connectivity index (χ1v) is 6.17. The van der Waals surface area contributed by atoms with Gasteiger partial charge in [0.2, 0.25) is 5.91 Å². The summed E-state index contributed by atoms with van der Waals surface area (Å²) in [6.07, 6.45) is 3.56. The van der Waals surface area contributed by atoms with Gasteiger partial charge in [0, 0.05) is 25.1 Å². The minimum atomic E-state index is -0.233. The van der Waals surface area contributed by atoms with E-state index in [-0.39, 0.29) is 11.8 Å². The van der Waals surface area contributed by atoms with Crippen LogP contribution < -0.4 is 11.1 Å². The Morgan fingerprint density at radius 1 is 1.53 bits per heavy atom. The average molecular weight is 258 g/mol. The van der Waals surface area contributed by atoms with Crippen LogP contribution in [0, 0.1) is 0 Å². The van der Waals surface area contributed by atoms with E-state index in [1.807, 2.05) is 49.0 Å². The Morgan fingerprint density at radius 2 is 2.32 bits per heavy atom. The van der Waals surface area contributed by atoms with Crippen molar-refractivity contribution in [3.8, 4) is 0 Å². The summed E-state index contributed by atoms with van der Waals surface area (Å²) in [4.78, 5) is 16.2. The zero-order valence-electron chi connectivity index (χ0n) is 11.1. The minimum absolute atomic E-state index is 0.0337. The van der Waals surface area contributed by atoms with E-state index in [2.05, 4.69) is 10.3 Å². The van der Waals surface area contributed by atoms with Crippen LogP contribution in [0.5, 0.6) is 0 Å². The molecule has 1 aromatic heterocycles. The van der Waals surface area contributed by atoms with Gasteiger partial charge >= 0.3 is 0 Å². The van der Waals surface area contributed by atoms with Crippen molar-refractivity contribution < 1.29 is 4.79 Å². The van der Waals surface area contributed by atoms with E-state index < -0.39 is 0 Å². The molecule has 1 unspecified atom stereocenters. The summed E-state index contributed by atoms with van der Waals surface area (Å²) in [6.45, 7) is 2.29. The molecular weight excluding hydrogens is 240 g/mol. The molecule has 0 saturated carbocycles. The van der Waals surface area contributed by atoms with Gasteiger partial charge in [-0.3, -0.25) is 4.79 Å².